The Morgan fingerprint density at radius 2 is 1.70 bits per heavy atom. The van der Waals surface area contributed by atoms with Crippen molar-refractivity contribution in [3.63, 3.8) is 0 Å². The lowest BCUT2D eigenvalue weighted by molar-refractivity contribution is 0.710. The van der Waals surface area contributed by atoms with E-state index >= 15 is 0 Å². The number of hydrogen-bond donors (Lipinski definition) is 0. The van der Waals surface area contributed by atoms with E-state index in [0.717, 1.165) is 32.1 Å². The molecule has 0 fully saturated rings. The monoisotopic (exact) mass is 294 g/mol. The molecule has 0 aromatic rings. The van der Waals surface area contributed by atoms with Crippen molar-refractivity contribution < 1.29 is 0 Å². The average Bonchev–Trinajstić information content (AvgIpc) is 2.37. The van der Waals surface area contributed by atoms with Crippen molar-refractivity contribution in [1.29, 1.82) is 0 Å². The maximum Gasteiger partial charge on any atom is 0.0406 e. The van der Waals surface area contributed by atoms with E-state index in [2.05, 4.69) is 52.5 Å². The molecule has 0 saturated heterocycles. The van der Waals surface area contributed by atoms with E-state index in [0.29, 0.717) is 11.8 Å². The Labute approximate surface area is 131 Å². The minimum absolute atomic E-state index is 0.593. The van der Waals surface area contributed by atoms with Crippen molar-refractivity contribution in [1.82, 2.24) is 0 Å². The van der Waals surface area contributed by atoms with Gasteiger partial charge in [-0.2, -0.15) is 0 Å². The van der Waals surface area contributed by atoms with E-state index in [1.54, 1.807) is 0 Å². The van der Waals surface area contributed by atoms with E-state index in [-0.39, 0.29) is 0 Å². The molecule has 0 nitrogen and oxygen atoms in total. The van der Waals surface area contributed by atoms with Crippen molar-refractivity contribution in [2.45, 2.75) is 59.8 Å². The van der Waals surface area contributed by atoms with Crippen LogP contribution in [0.1, 0.15) is 59.8 Å². The number of halogens is 1. The van der Waals surface area contributed by atoms with Crippen LogP contribution in [0.15, 0.2) is 47.6 Å². The predicted molar refractivity (Wildman–Crippen MR) is 94.4 cm³/mol. The first-order valence-electron chi connectivity index (χ1n) is 7.68. The molecule has 1 heteroatoms. The smallest absolute Gasteiger partial charge is 0.0406 e. The maximum atomic E-state index is 5.82. The lowest BCUT2D eigenvalue weighted by atomic mass is 9.96. The second kappa shape index (κ2) is 12.0. The van der Waals surface area contributed by atoms with E-state index in [9.17, 15) is 0 Å². The Bertz CT molecular complexity index is 352. The summed E-state index contributed by atoms with van der Waals surface area (Å²) in [5, 5.41) is 0. The molecular formula is C19H31Cl. The second-order valence-electron chi connectivity index (χ2n) is 5.80. The number of rotatable bonds is 10. The molecule has 0 rings (SSSR count). The first-order chi connectivity index (χ1) is 9.51. The highest BCUT2D eigenvalue weighted by Gasteiger charge is 2.02. The Hall–Kier alpha value is -0.750. The molecule has 0 bridgehead atoms. The quantitative estimate of drug-likeness (QED) is 0.306. The van der Waals surface area contributed by atoms with Crippen LogP contribution in [0.3, 0.4) is 0 Å². The van der Waals surface area contributed by atoms with Gasteiger partial charge in [0, 0.05) is 5.88 Å². The highest BCUT2D eigenvalue weighted by Crippen LogP contribution is 2.19. The Morgan fingerprint density at radius 1 is 1.05 bits per heavy atom. The Balaban J connectivity index is 4.42. The highest BCUT2D eigenvalue weighted by atomic mass is 35.5. The van der Waals surface area contributed by atoms with Crippen LogP contribution in [-0.4, -0.2) is 5.88 Å². The molecule has 0 aliphatic heterocycles. The molecule has 20 heavy (non-hydrogen) atoms. The van der Waals surface area contributed by atoms with Gasteiger partial charge >= 0.3 is 0 Å². The molecule has 0 saturated carbocycles. The third-order valence-electron chi connectivity index (χ3n) is 3.37. The van der Waals surface area contributed by atoms with Crippen LogP contribution in [0.4, 0.5) is 0 Å². The predicted octanol–water partition coefficient (Wildman–Crippen LogP) is 6.84. The SMILES string of the molecule is C=CC/C(=C\CC/C(=C/CCl)C(C)C)CCC=C(C)C. The topological polar surface area (TPSA) is 0 Å². The van der Waals surface area contributed by atoms with Crippen LogP contribution >= 0.6 is 11.6 Å². The molecule has 0 amide bonds. The molecule has 0 aliphatic carbocycles. The van der Waals surface area contributed by atoms with Crippen molar-refractivity contribution in [3.05, 3.63) is 47.6 Å². The molecule has 0 aromatic heterocycles. The van der Waals surface area contributed by atoms with Gasteiger partial charge in [-0.25, -0.2) is 0 Å². The summed E-state index contributed by atoms with van der Waals surface area (Å²) in [5.74, 6) is 1.22. The summed E-state index contributed by atoms with van der Waals surface area (Å²) in [4.78, 5) is 0. The molecule has 0 atom stereocenters. The van der Waals surface area contributed by atoms with Gasteiger partial charge in [0.1, 0.15) is 0 Å². The number of hydrogen-bond acceptors (Lipinski definition) is 0. The molecule has 0 radical (unpaired) electrons. The standard InChI is InChI=1S/C19H31Cl/c1-6-9-18(11-7-10-16(2)3)12-8-13-19(14-15-20)17(4)5/h6,10,12,14,17H,1,7-9,11,13,15H2,2-5H3/b18-12+,19-14-. The molecular weight excluding hydrogens is 264 g/mol. The molecule has 114 valence electrons. The van der Waals surface area contributed by atoms with Gasteiger partial charge in [0.2, 0.25) is 0 Å². The van der Waals surface area contributed by atoms with Crippen molar-refractivity contribution in [2.24, 2.45) is 5.92 Å². The van der Waals surface area contributed by atoms with Crippen molar-refractivity contribution in [2.75, 3.05) is 5.88 Å². The summed E-state index contributed by atoms with van der Waals surface area (Å²) in [6.45, 7) is 12.6. The van der Waals surface area contributed by atoms with E-state index in [1.165, 1.54) is 16.7 Å². The fourth-order valence-corrected chi connectivity index (χ4v) is 2.39. The zero-order valence-corrected chi connectivity index (χ0v) is 14.5. The minimum Gasteiger partial charge on any atom is -0.122 e. The van der Waals surface area contributed by atoms with Gasteiger partial charge in [0.05, 0.1) is 0 Å². The van der Waals surface area contributed by atoms with Gasteiger partial charge in [0.15, 0.2) is 0 Å². The summed E-state index contributed by atoms with van der Waals surface area (Å²) in [7, 11) is 0. The summed E-state index contributed by atoms with van der Waals surface area (Å²) < 4.78 is 0. The lowest BCUT2D eigenvalue weighted by Crippen LogP contribution is -1.95. The van der Waals surface area contributed by atoms with Gasteiger partial charge in [0.25, 0.3) is 0 Å². The van der Waals surface area contributed by atoms with Crippen LogP contribution in [0, 0.1) is 5.92 Å². The Kier molecular flexibility index (Phi) is 11.6. The van der Waals surface area contributed by atoms with Crippen molar-refractivity contribution in [3.8, 4) is 0 Å². The maximum absolute atomic E-state index is 5.82. The molecule has 0 spiro atoms. The average molecular weight is 295 g/mol. The molecule has 0 aliphatic rings. The molecule has 0 unspecified atom stereocenters. The third kappa shape index (κ3) is 10.1. The minimum atomic E-state index is 0.593. The molecule has 0 aromatic carbocycles. The van der Waals surface area contributed by atoms with Gasteiger partial charge in [-0.1, -0.05) is 54.9 Å². The third-order valence-corrected chi connectivity index (χ3v) is 3.53. The van der Waals surface area contributed by atoms with Gasteiger partial charge in [-0.05, 0) is 51.9 Å². The number of allylic oxidation sites excluding steroid dienone is 7. The lowest BCUT2D eigenvalue weighted by Gasteiger charge is -2.10. The molecule has 0 N–H and O–H groups in total. The highest BCUT2D eigenvalue weighted by molar-refractivity contribution is 6.18. The van der Waals surface area contributed by atoms with Crippen LogP contribution in [-0.2, 0) is 0 Å². The first-order valence-corrected chi connectivity index (χ1v) is 8.21. The fourth-order valence-electron chi connectivity index (χ4n) is 2.19. The van der Waals surface area contributed by atoms with Gasteiger partial charge in [-0.15, -0.1) is 18.2 Å². The Morgan fingerprint density at radius 3 is 2.20 bits per heavy atom. The van der Waals surface area contributed by atoms with Crippen LogP contribution in [0.25, 0.3) is 0 Å². The summed E-state index contributed by atoms with van der Waals surface area (Å²) in [6, 6.07) is 0. The summed E-state index contributed by atoms with van der Waals surface area (Å²) >= 11 is 5.82. The zero-order chi connectivity index (χ0) is 15.4. The van der Waals surface area contributed by atoms with E-state index < -0.39 is 0 Å². The summed E-state index contributed by atoms with van der Waals surface area (Å²) in [6.07, 6.45) is 14.4. The normalized spacial score (nSPS) is 12.7. The first kappa shape index (κ1) is 19.2. The van der Waals surface area contributed by atoms with Crippen LogP contribution < -0.4 is 0 Å². The van der Waals surface area contributed by atoms with Gasteiger partial charge in [-0.3, -0.25) is 0 Å². The van der Waals surface area contributed by atoms with Crippen molar-refractivity contribution >= 4 is 11.6 Å². The van der Waals surface area contributed by atoms with E-state index in [4.69, 9.17) is 11.6 Å². The molecule has 0 heterocycles. The largest absolute Gasteiger partial charge is 0.122 e. The van der Waals surface area contributed by atoms with Gasteiger partial charge < -0.3 is 0 Å². The van der Waals surface area contributed by atoms with Crippen LogP contribution in [0.5, 0.6) is 0 Å². The zero-order valence-electron chi connectivity index (χ0n) is 13.7. The second-order valence-corrected chi connectivity index (χ2v) is 6.11. The van der Waals surface area contributed by atoms with Crippen LogP contribution in [0.2, 0.25) is 0 Å². The number of alkyl halides is 1. The van der Waals surface area contributed by atoms with E-state index in [1.807, 2.05) is 6.08 Å². The fraction of sp³-hybridized carbons (Fsp3) is 0.579. The summed E-state index contributed by atoms with van der Waals surface area (Å²) in [5.41, 5.74) is 4.38.